The third kappa shape index (κ3) is 7.54. The molecular weight excluding hydrogens is 450 g/mol. The molecule has 0 radical (unpaired) electrons. The van der Waals surface area contributed by atoms with Gasteiger partial charge in [-0.05, 0) is 45.0 Å². The van der Waals surface area contributed by atoms with Crippen LogP contribution in [0.15, 0.2) is 42.7 Å². The van der Waals surface area contributed by atoms with Gasteiger partial charge in [-0.1, -0.05) is 0 Å². The number of benzene rings is 2. The average Bonchev–Trinajstić information content (AvgIpc) is 2.78. The molecule has 10 heteroatoms. The van der Waals surface area contributed by atoms with Gasteiger partial charge < -0.3 is 30.2 Å². The summed E-state index contributed by atoms with van der Waals surface area (Å²) in [5.74, 6) is 1.03. The number of nitrogens with zero attached hydrogens (tertiary/aromatic N) is 2. The van der Waals surface area contributed by atoms with E-state index in [2.05, 4.69) is 25.9 Å². The minimum absolute atomic E-state index is 0.249. The maximum atomic E-state index is 12.2. The van der Waals surface area contributed by atoms with Gasteiger partial charge in [0.1, 0.15) is 36.7 Å². The maximum Gasteiger partial charge on any atom is 0.233 e. The summed E-state index contributed by atoms with van der Waals surface area (Å²) in [6.45, 7) is 6.46. The molecule has 1 heterocycles. The lowest BCUT2D eigenvalue weighted by Crippen LogP contribution is -2.41. The van der Waals surface area contributed by atoms with Gasteiger partial charge in [-0.15, -0.1) is 0 Å². The molecular formula is C25H31N5O5. The van der Waals surface area contributed by atoms with E-state index >= 15 is 0 Å². The molecule has 0 aliphatic rings. The second-order valence-corrected chi connectivity index (χ2v) is 8.81. The van der Waals surface area contributed by atoms with Gasteiger partial charge in [0.25, 0.3) is 0 Å². The molecule has 1 aromatic heterocycles. The molecule has 3 aromatic rings. The average molecular weight is 482 g/mol. The van der Waals surface area contributed by atoms with Crippen LogP contribution in [0.5, 0.6) is 11.5 Å². The largest absolute Gasteiger partial charge is 0.496 e. The van der Waals surface area contributed by atoms with Crippen molar-refractivity contribution < 1.29 is 23.8 Å². The minimum Gasteiger partial charge on any atom is -0.496 e. The quantitative estimate of drug-likeness (QED) is 0.296. The van der Waals surface area contributed by atoms with Crippen molar-refractivity contribution in [2.24, 2.45) is 0 Å². The van der Waals surface area contributed by atoms with Crippen LogP contribution >= 0.6 is 0 Å². The van der Waals surface area contributed by atoms with E-state index in [9.17, 15) is 9.59 Å². The number of carbonyl (C=O) groups is 2. The summed E-state index contributed by atoms with van der Waals surface area (Å²) in [7, 11) is 3.19. The van der Waals surface area contributed by atoms with Crippen molar-refractivity contribution in [3.63, 3.8) is 0 Å². The van der Waals surface area contributed by atoms with Crippen LogP contribution in [0.25, 0.3) is 10.9 Å². The molecule has 0 atom stereocenters. The number of anilines is 3. The molecule has 0 spiro atoms. The molecule has 0 unspecified atom stereocenters. The van der Waals surface area contributed by atoms with Gasteiger partial charge in [-0.2, -0.15) is 0 Å². The lowest BCUT2D eigenvalue weighted by molar-refractivity contribution is -0.127. The molecule has 0 bridgehead atoms. The molecule has 10 nitrogen and oxygen atoms in total. The molecule has 3 rings (SSSR count). The highest BCUT2D eigenvalue weighted by Gasteiger charge is 2.17. The second-order valence-electron chi connectivity index (χ2n) is 8.81. The van der Waals surface area contributed by atoms with E-state index in [0.29, 0.717) is 47.1 Å². The Morgan fingerprint density at radius 3 is 2.31 bits per heavy atom. The van der Waals surface area contributed by atoms with E-state index in [0.717, 1.165) is 5.69 Å². The molecule has 0 aliphatic heterocycles. The molecule has 0 fully saturated rings. The van der Waals surface area contributed by atoms with Gasteiger partial charge in [0, 0.05) is 36.2 Å². The van der Waals surface area contributed by atoms with Crippen LogP contribution in [0.3, 0.4) is 0 Å². The predicted octanol–water partition coefficient (Wildman–Crippen LogP) is 3.65. The number of hydrogen-bond acceptors (Lipinski definition) is 8. The number of rotatable bonds is 10. The molecule has 3 N–H and O–H groups in total. The van der Waals surface area contributed by atoms with E-state index in [4.69, 9.17) is 14.2 Å². The standard InChI is InChI=1S/C25H31N5O5/c1-25(2,3)30-22(32)14-21(31)28-16-6-8-17(9-7-16)29-24-23-19(26-15-27-24)12-18(13-20(23)34-5)35-11-10-33-4/h6-9,12-13,15H,10-11,14H2,1-5H3,(H,28,31)(H,30,32)(H,26,27,29). The number of hydrogen-bond donors (Lipinski definition) is 3. The zero-order chi connectivity index (χ0) is 25.4. The molecule has 186 valence electrons. The summed E-state index contributed by atoms with van der Waals surface area (Å²) >= 11 is 0. The van der Waals surface area contributed by atoms with Crippen LogP contribution in [0, 0.1) is 0 Å². The van der Waals surface area contributed by atoms with Crippen molar-refractivity contribution in [3.05, 3.63) is 42.7 Å². The number of methoxy groups -OCH3 is 2. The Morgan fingerprint density at radius 2 is 1.66 bits per heavy atom. The lowest BCUT2D eigenvalue weighted by Gasteiger charge is -2.20. The molecule has 2 aromatic carbocycles. The molecule has 2 amide bonds. The Balaban J connectivity index is 1.71. The normalized spacial score (nSPS) is 11.1. The number of carbonyl (C=O) groups excluding carboxylic acids is 2. The van der Waals surface area contributed by atoms with Crippen molar-refractivity contribution in [2.45, 2.75) is 32.7 Å². The SMILES string of the molecule is COCCOc1cc(OC)c2c(Nc3ccc(NC(=O)CC(=O)NC(C)(C)C)cc3)ncnc2c1. The van der Waals surface area contributed by atoms with Crippen molar-refractivity contribution in [2.75, 3.05) is 38.1 Å². The van der Waals surface area contributed by atoms with Gasteiger partial charge >= 0.3 is 0 Å². The summed E-state index contributed by atoms with van der Waals surface area (Å²) < 4.78 is 16.3. The molecule has 0 aliphatic carbocycles. The first-order valence-corrected chi connectivity index (χ1v) is 11.1. The zero-order valence-corrected chi connectivity index (χ0v) is 20.6. The number of amides is 2. The Bertz CT molecular complexity index is 1180. The highest BCUT2D eigenvalue weighted by Crippen LogP contribution is 2.35. The van der Waals surface area contributed by atoms with Gasteiger partial charge in [-0.3, -0.25) is 9.59 Å². The lowest BCUT2D eigenvalue weighted by atomic mass is 10.1. The number of ether oxygens (including phenoxy) is 3. The van der Waals surface area contributed by atoms with Crippen LogP contribution in [-0.2, 0) is 14.3 Å². The van der Waals surface area contributed by atoms with Crippen LogP contribution in [0.2, 0.25) is 0 Å². The third-order valence-electron chi connectivity index (χ3n) is 4.72. The Labute approximate surface area is 204 Å². The summed E-state index contributed by atoms with van der Waals surface area (Å²) in [5.41, 5.74) is 1.59. The fourth-order valence-electron chi connectivity index (χ4n) is 3.30. The minimum atomic E-state index is -0.392. The van der Waals surface area contributed by atoms with Crippen LogP contribution in [0.4, 0.5) is 17.2 Å². The Kier molecular flexibility index (Phi) is 8.43. The summed E-state index contributed by atoms with van der Waals surface area (Å²) in [6.07, 6.45) is 1.21. The van der Waals surface area contributed by atoms with Crippen molar-refractivity contribution in [3.8, 4) is 11.5 Å². The molecule has 0 saturated carbocycles. The smallest absolute Gasteiger partial charge is 0.233 e. The van der Waals surface area contributed by atoms with Crippen LogP contribution in [0.1, 0.15) is 27.2 Å². The number of fused-ring (bicyclic) bond motifs is 1. The van der Waals surface area contributed by atoms with E-state index in [1.54, 1.807) is 44.6 Å². The van der Waals surface area contributed by atoms with Crippen LogP contribution < -0.4 is 25.4 Å². The number of aromatic nitrogens is 2. The highest BCUT2D eigenvalue weighted by molar-refractivity contribution is 6.03. The monoisotopic (exact) mass is 481 g/mol. The first-order valence-electron chi connectivity index (χ1n) is 11.1. The van der Waals surface area contributed by atoms with E-state index in [1.165, 1.54) is 6.33 Å². The summed E-state index contributed by atoms with van der Waals surface area (Å²) in [5, 5.41) is 9.46. The fraction of sp³-hybridized carbons (Fsp3) is 0.360. The highest BCUT2D eigenvalue weighted by atomic mass is 16.5. The van der Waals surface area contributed by atoms with Crippen molar-refractivity contribution >= 4 is 39.9 Å². The Morgan fingerprint density at radius 1 is 0.943 bits per heavy atom. The van der Waals surface area contributed by atoms with Gasteiger partial charge in [-0.25, -0.2) is 9.97 Å². The van der Waals surface area contributed by atoms with Gasteiger partial charge in [0.15, 0.2) is 0 Å². The van der Waals surface area contributed by atoms with Gasteiger partial charge in [0.05, 0.1) is 24.6 Å². The summed E-state index contributed by atoms with van der Waals surface area (Å²) in [4.78, 5) is 32.8. The summed E-state index contributed by atoms with van der Waals surface area (Å²) in [6, 6.07) is 10.7. The first kappa shape index (κ1) is 25.7. The molecule has 35 heavy (non-hydrogen) atoms. The fourth-order valence-corrected chi connectivity index (χ4v) is 3.30. The number of nitrogens with one attached hydrogen (secondary N) is 3. The van der Waals surface area contributed by atoms with E-state index in [-0.39, 0.29) is 18.2 Å². The zero-order valence-electron chi connectivity index (χ0n) is 20.6. The topological polar surface area (TPSA) is 124 Å². The van der Waals surface area contributed by atoms with Crippen molar-refractivity contribution in [1.82, 2.24) is 15.3 Å². The van der Waals surface area contributed by atoms with Crippen LogP contribution in [-0.4, -0.2) is 54.8 Å². The third-order valence-corrected chi connectivity index (χ3v) is 4.72. The first-order chi connectivity index (χ1) is 16.7. The maximum absolute atomic E-state index is 12.2. The Hall–Kier alpha value is -3.92. The van der Waals surface area contributed by atoms with E-state index in [1.807, 2.05) is 26.8 Å². The molecule has 0 saturated heterocycles. The van der Waals surface area contributed by atoms with Gasteiger partial charge in [0.2, 0.25) is 11.8 Å². The second kappa shape index (κ2) is 11.5. The predicted molar refractivity (Wildman–Crippen MR) is 134 cm³/mol. The van der Waals surface area contributed by atoms with E-state index < -0.39 is 5.54 Å². The van der Waals surface area contributed by atoms with Crippen molar-refractivity contribution in [1.29, 1.82) is 0 Å².